The van der Waals surface area contributed by atoms with Gasteiger partial charge in [-0.2, -0.15) is 5.10 Å². The molecule has 8 nitrogen and oxygen atoms in total. The summed E-state index contributed by atoms with van der Waals surface area (Å²) in [4.78, 5) is 38.0. The number of thiophene rings is 1. The molecule has 158 valence electrons. The van der Waals surface area contributed by atoms with E-state index >= 15 is 0 Å². The summed E-state index contributed by atoms with van der Waals surface area (Å²) in [6.45, 7) is 4.08. The second-order valence-corrected chi connectivity index (χ2v) is 8.13. The zero-order valence-corrected chi connectivity index (χ0v) is 17.5. The van der Waals surface area contributed by atoms with E-state index in [-0.39, 0.29) is 12.4 Å². The van der Waals surface area contributed by atoms with Crippen molar-refractivity contribution in [3.05, 3.63) is 45.8 Å². The van der Waals surface area contributed by atoms with Crippen LogP contribution < -0.4 is 10.7 Å². The van der Waals surface area contributed by atoms with Crippen LogP contribution in [0.3, 0.4) is 0 Å². The van der Waals surface area contributed by atoms with E-state index in [1.54, 1.807) is 19.1 Å². The molecule has 0 saturated heterocycles. The molecular weight excluding hydrogens is 406 g/mol. The largest absolute Gasteiger partial charge is 0.508 e. The van der Waals surface area contributed by atoms with Crippen LogP contribution in [-0.2, 0) is 27.2 Å². The van der Waals surface area contributed by atoms with Gasteiger partial charge in [0.05, 0.1) is 18.4 Å². The van der Waals surface area contributed by atoms with Crippen LogP contribution in [0.2, 0.25) is 0 Å². The molecule has 0 bridgehead atoms. The van der Waals surface area contributed by atoms with E-state index in [2.05, 4.69) is 22.8 Å². The fraction of sp³-hybridized carbons (Fsp3) is 0.333. The number of nitrogens with one attached hydrogen (secondary N) is 2. The average Bonchev–Trinajstić information content (AvgIpc) is 3.06. The number of hydrogen-bond donors (Lipinski definition) is 3. The van der Waals surface area contributed by atoms with E-state index in [4.69, 9.17) is 4.74 Å². The molecule has 2 amide bonds. The smallest absolute Gasteiger partial charge is 0.341 e. The summed E-state index contributed by atoms with van der Waals surface area (Å²) in [7, 11) is 0. The average molecular weight is 429 g/mol. The summed E-state index contributed by atoms with van der Waals surface area (Å²) in [5, 5.41) is 15.9. The lowest BCUT2D eigenvalue weighted by Gasteiger charge is -2.18. The summed E-state index contributed by atoms with van der Waals surface area (Å²) < 4.78 is 5.16. The summed E-state index contributed by atoms with van der Waals surface area (Å²) in [6.07, 6.45) is 3.86. The van der Waals surface area contributed by atoms with Gasteiger partial charge in [0.15, 0.2) is 0 Å². The summed E-state index contributed by atoms with van der Waals surface area (Å²) in [6, 6.07) is 6.17. The summed E-state index contributed by atoms with van der Waals surface area (Å²) >= 11 is 1.31. The van der Waals surface area contributed by atoms with Crippen LogP contribution in [0, 0.1) is 5.92 Å². The third kappa shape index (κ3) is 5.04. The standard InChI is InChI=1S/C21H23N3O5S/c1-3-29-21(28)17-15-9-4-12(2)10-16(15)30-20(17)23-18(26)19(27)24-22-11-13-5-7-14(25)8-6-13/h5-8,11-12,25H,3-4,9-10H2,1-2H3,(H,23,26)(H,24,27)/b22-11-/t12-/m1/s1. The molecule has 0 saturated carbocycles. The van der Waals surface area contributed by atoms with E-state index in [0.717, 1.165) is 29.7 Å². The molecule has 0 fully saturated rings. The number of nitrogens with zero attached hydrogens (tertiary/aromatic N) is 1. The van der Waals surface area contributed by atoms with Gasteiger partial charge in [-0.05, 0) is 67.5 Å². The number of amides is 2. The van der Waals surface area contributed by atoms with Crippen molar-refractivity contribution in [3.8, 4) is 5.75 Å². The van der Waals surface area contributed by atoms with Crippen LogP contribution in [0.1, 0.15) is 46.6 Å². The van der Waals surface area contributed by atoms with Gasteiger partial charge >= 0.3 is 17.8 Å². The van der Waals surface area contributed by atoms with Crippen molar-refractivity contribution >= 4 is 40.3 Å². The fourth-order valence-corrected chi connectivity index (χ4v) is 4.59. The molecule has 1 heterocycles. The Labute approximate surface area is 177 Å². The van der Waals surface area contributed by atoms with Crippen LogP contribution in [0.15, 0.2) is 29.4 Å². The van der Waals surface area contributed by atoms with Gasteiger partial charge in [-0.25, -0.2) is 10.2 Å². The molecule has 30 heavy (non-hydrogen) atoms. The number of esters is 1. The molecule has 3 N–H and O–H groups in total. The lowest BCUT2D eigenvalue weighted by Crippen LogP contribution is -2.32. The fourth-order valence-electron chi connectivity index (χ4n) is 3.19. The zero-order chi connectivity index (χ0) is 21.7. The molecule has 1 aliphatic carbocycles. The molecule has 1 aliphatic rings. The number of anilines is 1. The van der Waals surface area contributed by atoms with Crippen molar-refractivity contribution < 1.29 is 24.2 Å². The molecule has 0 radical (unpaired) electrons. The maximum Gasteiger partial charge on any atom is 0.341 e. The molecule has 2 aromatic rings. The Kier molecular flexibility index (Phi) is 6.83. The van der Waals surface area contributed by atoms with Gasteiger partial charge in [-0.15, -0.1) is 11.3 Å². The van der Waals surface area contributed by atoms with Crippen LogP contribution in [0.25, 0.3) is 0 Å². The third-order valence-electron chi connectivity index (χ3n) is 4.70. The zero-order valence-electron chi connectivity index (χ0n) is 16.7. The highest BCUT2D eigenvalue weighted by Crippen LogP contribution is 2.40. The topological polar surface area (TPSA) is 117 Å². The Balaban J connectivity index is 1.71. The Hall–Kier alpha value is -3.20. The lowest BCUT2D eigenvalue weighted by atomic mass is 9.88. The number of phenolic OH excluding ortho intramolecular Hbond substituents is 1. The Morgan fingerprint density at radius 1 is 1.27 bits per heavy atom. The number of phenols is 1. The van der Waals surface area contributed by atoms with Gasteiger partial charge in [0.2, 0.25) is 0 Å². The number of fused-ring (bicyclic) bond motifs is 1. The second kappa shape index (κ2) is 9.53. The van der Waals surface area contributed by atoms with Crippen molar-refractivity contribution in [2.45, 2.75) is 33.1 Å². The first-order valence-corrected chi connectivity index (χ1v) is 10.5. The van der Waals surface area contributed by atoms with Gasteiger partial charge < -0.3 is 15.2 Å². The van der Waals surface area contributed by atoms with Gasteiger partial charge in [0, 0.05) is 4.88 Å². The highest BCUT2D eigenvalue weighted by Gasteiger charge is 2.30. The van der Waals surface area contributed by atoms with Crippen molar-refractivity contribution in [1.82, 2.24) is 5.43 Å². The molecule has 1 atom stereocenters. The maximum atomic E-state index is 12.5. The quantitative estimate of drug-likeness (QED) is 0.292. The van der Waals surface area contributed by atoms with Gasteiger partial charge in [-0.3, -0.25) is 9.59 Å². The van der Waals surface area contributed by atoms with Crippen LogP contribution in [0.5, 0.6) is 5.75 Å². The Morgan fingerprint density at radius 3 is 2.70 bits per heavy atom. The molecule has 9 heteroatoms. The van der Waals surface area contributed by atoms with E-state index in [1.807, 2.05) is 0 Å². The molecule has 1 aromatic carbocycles. The first-order valence-electron chi connectivity index (χ1n) is 9.64. The number of benzene rings is 1. The predicted molar refractivity (Wildman–Crippen MR) is 114 cm³/mol. The summed E-state index contributed by atoms with van der Waals surface area (Å²) in [5.41, 5.74) is 4.04. The molecule has 0 aliphatic heterocycles. The van der Waals surface area contributed by atoms with Crippen molar-refractivity contribution in [2.75, 3.05) is 11.9 Å². The van der Waals surface area contributed by atoms with Crippen molar-refractivity contribution in [1.29, 1.82) is 0 Å². The first-order chi connectivity index (χ1) is 14.4. The Morgan fingerprint density at radius 2 is 2.00 bits per heavy atom. The minimum atomic E-state index is -0.959. The highest BCUT2D eigenvalue weighted by molar-refractivity contribution is 7.17. The second-order valence-electron chi connectivity index (χ2n) is 7.02. The van der Waals surface area contributed by atoms with E-state index < -0.39 is 17.8 Å². The van der Waals surface area contributed by atoms with Gasteiger partial charge in [0.25, 0.3) is 0 Å². The number of rotatable bonds is 5. The molecule has 3 rings (SSSR count). The lowest BCUT2D eigenvalue weighted by molar-refractivity contribution is -0.136. The minimum Gasteiger partial charge on any atom is -0.508 e. The van der Waals surface area contributed by atoms with Crippen LogP contribution >= 0.6 is 11.3 Å². The van der Waals surface area contributed by atoms with Gasteiger partial charge in [0.1, 0.15) is 10.8 Å². The predicted octanol–water partition coefficient (Wildman–Crippen LogP) is 2.84. The number of hydrogen-bond acceptors (Lipinski definition) is 7. The van der Waals surface area contributed by atoms with Crippen molar-refractivity contribution in [2.24, 2.45) is 11.0 Å². The molecular formula is C21H23N3O5S. The summed E-state index contributed by atoms with van der Waals surface area (Å²) in [5.74, 6) is -1.77. The number of ether oxygens (including phenoxy) is 1. The van der Waals surface area contributed by atoms with Crippen LogP contribution in [-0.4, -0.2) is 35.7 Å². The minimum absolute atomic E-state index is 0.112. The van der Waals surface area contributed by atoms with Crippen molar-refractivity contribution in [3.63, 3.8) is 0 Å². The third-order valence-corrected chi connectivity index (χ3v) is 5.87. The number of aromatic hydroxyl groups is 1. The SMILES string of the molecule is CCOC(=O)c1c(NC(=O)C(=O)N/N=C\c2ccc(O)cc2)sc2c1CC[C@@H](C)C2. The number of hydrazone groups is 1. The normalized spacial score (nSPS) is 15.5. The maximum absolute atomic E-state index is 12.5. The van der Waals surface area contributed by atoms with Gasteiger partial charge in [-0.1, -0.05) is 6.92 Å². The highest BCUT2D eigenvalue weighted by atomic mass is 32.1. The molecule has 0 spiro atoms. The van der Waals surface area contributed by atoms with E-state index in [9.17, 15) is 19.5 Å². The number of carbonyl (C=O) groups is 3. The first kappa shape index (κ1) is 21.5. The molecule has 0 unspecified atom stereocenters. The molecule has 1 aromatic heterocycles. The van der Waals surface area contributed by atoms with Crippen LogP contribution in [0.4, 0.5) is 5.00 Å². The number of carbonyl (C=O) groups excluding carboxylic acids is 3. The van der Waals surface area contributed by atoms with E-state index in [1.165, 1.54) is 29.7 Å². The van der Waals surface area contributed by atoms with E-state index in [0.29, 0.717) is 22.0 Å². The Bertz CT molecular complexity index is 981. The monoisotopic (exact) mass is 429 g/mol.